The second-order valence-electron chi connectivity index (χ2n) is 2.75. The average Bonchev–Trinajstić information content (AvgIpc) is 2.65. The Morgan fingerprint density at radius 3 is 2.47 bits per heavy atom. The van der Waals surface area contributed by atoms with E-state index in [2.05, 4.69) is 9.36 Å². The van der Waals surface area contributed by atoms with Crippen LogP contribution in [-0.2, 0) is 0 Å². The number of nitrogens with zero attached hydrogens (tertiary/aromatic N) is 2. The molecule has 4 nitrogen and oxygen atoms in total. The lowest BCUT2D eigenvalue weighted by Crippen LogP contribution is -1.95. The Balaban J connectivity index is 2.35. The van der Waals surface area contributed by atoms with Crippen molar-refractivity contribution in [3.8, 4) is 11.4 Å². The van der Waals surface area contributed by atoms with Crippen molar-refractivity contribution >= 4 is 29.1 Å². The molecule has 0 saturated heterocycles. The van der Waals surface area contributed by atoms with Crippen LogP contribution in [0.25, 0.3) is 11.4 Å². The minimum Gasteiger partial charge on any atom is -0.478 e. The van der Waals surface area contributed by atoms with Gasteiger partial charge in [0.15, 0.2) is 5.82 Å². The number of aromatic nitrogens is 2. The molecule has 0 saturated carbocycles. The second kappa shape index (κ2) is 3.96. The number of rotatable bonds is 2. The zero-order valence-corrected chi connectivity index (χ0v) is 8.92. The number of hydrogen-bond donors (Lipinski definition) is 1. The molecule has 1 N–H and O–H groups in total. The van der Waals surface area contributed by atoms with Gasteiger partial charge in [0.1, 0.15) is 0 Å². The van der Waals surface area contributed by atoms with E-state index in [0.717, 1.165) is 17.1 Å². The fourth-order valence-electron chi connectivity index (χ4n) is 1.08. The van der Waals surface area contributed by atoms with Gasteiger partial charge in [-0.3, -0.25) is 0 Å². The molecule has 0 aliphatic heterocycles. The van der Waals surface area contributed by atoms with E-state index in [9.17, 15) is 4.79 Å². The Morgan fingerprint density at radius 1 is 1.33 bits per heavy atom. The molecule has 0 radical (unpaired) electrons. The summed E-state index contributed by atoms with van der Waals surface area (Å²) in [6.07, 6.45) is 0. The first-order chi connectivity index (χ1) is 7.16. The van der Waals surface area contributed by atoms with Gasteiger partial charge >= 0.3 is 5.97 Å². The summed E-state index contributed by atoms with van der Waals surface area (Å²) < 4.78 is 4.38. The van der Waals surface area contributed by atoms with Crippen molar-refractivity contribution in [2.45, 2.75) is 0 Å². The quantitative estimate of drug-likeness (QED) is 0.876. The minimum atomic E-state index is -0.953. The highest BCUT2D eigenvalue weighted by Gasteiger charge is 2.06. The molecule has 1 heterocycles. The molecule has 1 aromatic carbocycles. The third-order valence-electron chi connectivity index (χ3n) is 1.79. The molecule has 1 aromatic heterocycles. The maximum Gasteiger partial charge on any atom is 0.335 e. The van der Waals surface area contributed by atoms with Crippen molar-refractivity contribution in [1.29, 1.82) is 0 Å². The highest BCUT2D eigenvalue weighted by molar-refractivity contribution is 7.10. The van der Waals surface area contributed by atoms with Crippen LogP contribution in [0.5, 0.6) is 0 Å². The predicted octanol–water partition coefficient (Wildman–Crippen LogP) is 2.56. The molecule has 6 heteroatoms. The van der Waals surface area contributed by atoms with E-state index >= 15 is 0 Å². The number of aromatic carboxylic acids is 1. The fourth-order valence-corrected chi connectivity index (χ4v) is 1.70. The lowest BCUT2D eigenvalue weighted by atomic mass is 10.1. The summed E-state index contributed by atoms with van der Waals surface area (Å²) in [5.74, 6) is -0.437. The standard InChI is InChI=1S/C9H5ClN2O2S/c10-9-11-7(12-15-9)5-1-3-6(4-2-5)8(13)14/h1-4H,(H,13,14). The Labute approximate surface area is 94.3 Å². The zero-order chi connectivity index (χ0) is 10.8. The molecular weight excluding hydrogens is 236 g/mol. The van der Waals surface area contributed by atoms with Crippen molar-refractivity contribution in [2.24, 2.45) is 0 Å². The van der Waals surface area contributed by atoms with Crippen LogP contribution in [0.2, 0.25) is 4.47 Å². The molecule has 0 aliphatic carbocycles. The molecule has 0 amide bonds. The smallest absolute Gasteiger partial charge is 0.335 e. The third kappa shape index (κ3) is 2.14. The molecule has 2 rings (SSSR count). The van der Waals surface area contributed by atoms with Crippen LogP contribution >= 0.6 is 23.1 Å². The molecule has 0 aliphatic rings. The number of halogens is 1. The number of carbonyl (C=O) groups is 1. The summed E-state index contributed by atoms with van der Waals surface area (Å²) in [6, 6.07) is 6.32. The maximum atomic E-state index is 10.6. The van der Waals surface area contributed by atoms with E-state index < -0.39 is 5.97 Å². The first-order valence-electron chi connectivity index (χ1n) is 4.00. The molecule has 2 aromatic rings. The Bertz CT molecular complexity index is 495. The molecule has 15 heavy (non-hydrogen) atoms. The van der Waals surface area contributed by atoms with Gasteiger partial charge in [0.25, 0.3) is 0 Å². The molecule has 76 valence electrons. The summed E-state index contributed by atoms with van der Waals surface area (Å²) >= 11 is 6.74. The van der Waals surface area contributed by atoms with Gasteiger partial charge in [0.2, 0.25) is 4.47 Å². The summed E-state index contributed by atoms with van der Waals surface area (Å²) in [4.78, 5) is 14.6. The molecule has 0 unspecified atom stereocenters. The summed E-state index contributed by atoms with van der Waals surface area (Å²) in [5, 5.41) is 8.70. The maximum absolute atomic E-state index is 10.6. The van der Waals surface area contributed by atoms with Gasteiger partial charge in [-0.05, 0) is 35.3 Å². The van der Waals surface area contributed by atoms with Crippen molar-refractivity contribution in [3.63, 3.8) is 0 Å². The van der Waals surface area contributed by atoms with E-state index in [-0.39, 0.29) is 5.56 Å². The van der Waals surface area contributed by atoms with Crippen LogP contribution in [0.1, 0.15) is 10.4 Å². The van der Waals surface area contributed by atoms with Gasteiger partial charge in [0, 0.05) is 5.56 Å². The fraction of sp³-hybridized carbons (Fsp3) is 0. The second-order valence-corrected chi connectivity index (χ2v) is 4.09. The topological polar surface area (TPSA) is 63.1 Å². The predicted molar refractivity (Wildman–Crippen MR) is 57.3 cm³/mol. The summed E-state index contributed by atoms with van der Waals surface area (Å²) in [6.45, 7) is 0. The SMILES string of the molecule is O=C(O)c1ccc(-c2nsc(Cl)n2)cc1. The van der Waals surface area contributed by atoms with E-state index in [0.29, 0.717) is 10.3 Å². The number of carboxylic acids is 1. The first-order valence-corrected chi connectivity index (χ1v) is 5.15. The van der Waals surface area contributed by atoms with Crippen LogP contribution in [-0.4, -0.2) is 20.4 Å². The molecule has 0 fully saturated rings. The van der Waals surface area contributed by atoms with Crippen LogP contribution in [0.4, 0.5) is 0 Å². The van der Waals surface area contributed by atoms with Gasteiger partial charge in [-0.1, -0.05) is 12.1 Å². The van der Waals surface area contributed by atoms with Crippen LogP contribution < -0.4 is 0 Å². The lowest BCUT2D eigenvalue weighted by Gasteiger charge is -1.96. The molecule has 0 atom stereocenters. The van der Waals surface area contributed by atoms with Gasteiger partial charge in [-0.25, -0.2) is 9.78 Å². The van der Waals surface area contributed by atoms with Gasteiger partial charge < -0.3 is 5.11 Å². The number of hydrogen-bond acceptors (Lipinski definition) is 4. The normalized spacial score (nSPS) is 10.2. The average molecular weight is 241 g/mol. The highest BCUT2D eigenvalue weighted by Crippen LogP contribution is 2.21. The van der Waals surface area contributed by atoms with E-state index in [1.54, 1.807) is 12.1 Å². The number of benzene rings is 1. The monoisotopic (exact) mass is 240 g/mol. The van der Waals surface area contributed by atoms with E-state index in [1.165, 1.54) is 12.1 Å². The summed E-state index contributed by atoms with van der Waals surface area (Å²) in [5.41, 5.74) is 0.989. The van der Waals surface area contributed by atoms with Crippen LogP contribution in [0.15, 0.2) is 24.3 Å². The molecule has 0 spiro atoms. The minimum absolute atomic E-state index is 0.236. The highest BCUT2D eigenvalue weighted by atomic mass is 35.5. The van der Waals surface area contributed by atoms with E-state index in [4.69, 9.17) is 16.7 Å². The van der Waals surface area contributed by atoms with Crippen molar-refractivity contribution < 1.29 is 9.90 Å². The Kier molecular flexibility index (Phi) is 2.66. The van der Waals surface area contributed by atoms with Gasteiger partial charge in [-0.2, -0.15) is 4.37 Å². The number of carboxylic acid groups (broad SMARTS) is 1. The third-order valence-corrected chi connectivity index (χ3v) is 2.59. The Hall–Kier alpha value is -1.46. The largest absolute Gasteiger partial charge is 0.478 e. The van der Waals surface area contributed by atoms with Gasteiger partial charge in [-0.15, -0.1) is 0 Å². The summed E-state index contributed by atoms with van der Waals surface area (Å²) in [7, 11) is 0. The zero-order valence-electron chi connectivity index (χ0n) is 7.35. The van der Waals surface area contributed by atoms with Crippen molar-refractivity contribution in [2.75, 3.05) is 0 Å². The van der Waals surface area contributed by atoms with Crippen molar-refractivity contribution in [3.05, 3.63) is 34.3 Å². The van der Waals surface area contributed by atoms with Crippen LogP contribution in [0.3, 0.4) is 0 Å². The lowest BCUT2D eigenvalue weighted by molar-refractivity contribution is 0.0697. The van der Waals surface area contributed by atoms with Crippen LogP contribution in [0, 0.1) is 0 Å². The molecular formula is C9H5ClN2O2S. The van der Waals surface area contributed by atoms with Crippen molar-refractivity contribution in [1.82, 2.24) is 9.36 Å². The first kappa shape index (κ1) is 10.1. The van der Waals surface area contributed by atoms with E-state index in [1.807, 2.05) is 0 Å². The molecule has 0 bridgehead atoms. The Morgan fingerprint density at radius 2 is 2.00 bits per heavy atom. The van der Waals surface area contributed by atoms with Gasteiger partial charge in [0.05, 0.1) is 5.56 Å².